The molecule has 2 heterocycles. The number of rotatable bonds is 2. The molecule has 16 heavy (non-hydrogen) atoms. The Labute approximate surface area is 93.4 Å². The number of ether oxygens (including phenoxy) is 1. The summed E-state index contributed by atoms with van der Waals surface area (Å²) >= 11 is 0. The van der Waals surface area contributed by atoms with Gasteiger partial charge in [-0.05, 0) is 18.9 Å². The summed E-state index contributed by atoms with van der Waals surface area (Å²) in [4.78, 5) is 21.4. The molecule has 0 radical (unpaired) electrons. The zero-order valence-electron chi connectivity index (χ0n) is 9.09. The van der Waals surface area contributed by atoms with Crippen molar-refractivity contribution in [2.45, 2.75) is 18.9 Å². The van der Waals surface area contributed by atoms with Crippen molar-refractivity contribution in [2.24, 2.45) is 0 Å². The lowest BCUT2D eigenvalue weighted by Gasteiger charge is -2.23. The number of carbonyl (C=O) groups is 1. The first-order valence-corrected chi connectivity index (χ1v) is 5.15. The van der Waals surface area contributed by atoms with Crippen LogP contribution in [0.4, 0.5) is 11.8 Å². The van der Waals surface area contributed by atoms with Crippen LogP contribution in [0.5, 0.6) is 0 Å². The third-order valence-electron chi connectivity index (χ3n) is 2.68. The lowest BCUT2D eigenvalue weighted by molar-refractivity contribution is -0.141. The second-order valence-corrected chi connectivity index (χ2v) is 3.65. The third-order valence-corrected chi connectivity index (χ3v) is 2.68. The van der Waals surface area contributed by atoms with Gasteiger partial charge in [0, 0.05) is 12.7 Å². The molecule has 0 saturated carbocycles. The highest BCUT2D eigenvalue weighted by atomic mass is 16.5. The summed E-state index contributed by atoms with van der Waals surface area (Å²) in [5.41, 5.74) is 5.52. The van der Waals surface area contributed by atoms with Crippen molar-refractivity contribution < 1.29 is 9.53 Å². The predicted octanol–water partition coefficient (Wildman–Crippen LogP) is 0.201. The second kappa shape index (κ2) is 4.34. The smallest absolute Gasteiger partial charge is 0.328 e. The molecule has 0 spiro atoms. The van der Waals surface area contributed by atoms with Crippen LogP contribution in [0.1, 0.15) is 12.8 Å². The highest BCUT2D eigenvalue weighted by Gasteiger charge is 2.32. The van der Waals surface area contributed by atoms with Crippen LogP contribution in [0.2, 0.25) is 0 Å². The molecule has 1 aliphatic heterocycles. The van der Waals surface area contributed by atoms with E-state index < -0.39 is 0 Å². The van der Waals surface area contributed by atoms with E-state index in [4.69, 9.17) is 10.5 Å². The Hall–Kier alpha value is -1.85. The molecular weight excluding hydrogens is 208 g/mol. The van der Waals surface area contributed by atoms with E-state index in [1.54, 1.807) is 12.3 Å². The maximum atomic E-state index is 11.5. The number of hydrogen-bond acceptors (Lipinski definition) is 6. The van der Waals surface area contributed by atoms with Crippen molar-refractivity contribution in [3.63, 3.8) is 0 Å². The summed E-state index contributed by atoms with van der Waals surface area (Å²) in [6.07, 6.45) is 3.32. The fourth-order valence-electron chi connectivity index (χ4n) is 1.95. The molecule has 1 aromatic rings. The molecule has 1 fully saturated rings. The van der Waals surface area contributed by atoms with Gasteiger partial charge in [-0.25, -0.2) is 9.78 Å². The van der Waals surface area contributed by atoms with Gasteiger partial charge in [-0.3, -0.25) is 0 Å². The summed E-state index contributed by atoms with van der Waals surface area (Å²) in [7, 11) is 1.40. The Morgan fingerprint density at radius 2 is 2.50 bits per heavy atom. The maximum absolute atomic E-state index is 11.5. The summed E-state index contributed by atoms with van der Waals surface area (Å²) in [5.74, 6) is 0.670. The average molecular weight is 222 g/mol. The number of nitrogens with zero attached hydrogens (tertiary/aromatic N) is 3. The SMILES string of the molecule is COC(=O)C1CCCN1c1ccnc(N)n1. The molecule has 1 atom stereocenters. The van der Waals surface area contributed by atoms with Gasteiger partial charge in [0.2, 0.25) is 5.95 Å². The molecule has 2 N–H and O–H groups in total. The maximum Gasteiger partial charge on any atom is 0.328 e. The Morgan fingerprint density at radius 1 is 1.69 bits per heavy atom. The summed E-state index contributed by atoms with van der Waals surface area (Å²) < 4.78 is 4.76. The van der Waals surface area contributed by atoms with Gasteiger partial charge in [0.25, 0.3) is 0 Å². The van der Waals surface area contributed by atoms with Crippen molar-refractivity contribution in [1.82, 2.24) is 9.97 Å². The Morgan fingerprint density at radius 3 is 3.19 bits per heavy atom. The Kier molecular flexibility index (Phi) is 2.89. The third kappa shape index (κ3) is 1.91. The van der Waals surface area contributed by atoms with Gasteiger partial charge in [-0.1, -0.05) is 0 Å². The van der Waals surface area contributed by atoms with Crippen LogP contribution in [-0.2, 0) is 9.53 Å². The first-order valence-electron chi connectivity index (χ1n) is 5.15. The molecule has 0 aromatic carbocycles. The monoisotopic (exact) mass is 222 g/mol. The van der Waals surface area contributed by atoms with Crippen LogP contribution in [0.15, 0.2) is 12.3 Å². The number of hydrogen-bond donors (Lipinski definition) is 1. The zero-order chi connectivity index (χ0) is 11.5. The van der Waals surface area contributed by atoms with Crippen molar-refractivity contribution in [3.8, 4) is 0 Å². The Bertz CT molecular complexity index is 396. The van der Waals surface area contributed by atoms with Crippen molar-refractivity contribution in [3.05, 3.63) is 12.3 Å². The topological polar surface area (TPSA) is 81.3 Å². The van der Waals surface area contributed by atoms with E-state index in [1.165, 1.54) is 7.11 Å². The van der Waals surface area contributed by atoms with E-state index in [0.717, 1.165) is 19.4 Å². The van der Waals surface area contributed by atoms with Gasteiger partial charge < -0.3 is 15.4 Å². The van der Waals surface area contributed by atoms with E-state index in [1.807, 2.05) is 4.90 Å². The molecule has 1 aliphatic rings. The van der Waals surface area contributed by atoms with Crippen molar-refractivity contribution in [2.75, 3.05) is 24.3 Å². The standard InChI is InChI=1S/C10H14N4O2/c1-16-9(15)7-3-2-6-14(7)8-4-5-12-10(11)13-8/h4-5,7H,2-3,6H2,1H3,(H2,11,12,13). The molecule has 0 bridgehead atoms. The van der Waals surface area contributed by atoms with E-state index >= 15 is 0 Å². The van der Waals surface area contributed by atoms with Crippen LogP contribution >= 0.6 is 0 Å². The van der Waals surface area contributed by atoms with Crippen LogP contribution in [-0.4, -0.2) is 35.6 Å². The average Bonchev–Trinajstić information content (AvgIpc) is 2.77. The molecule has 0 aliphatic carbocycles. The Balaban J connectivity index is 2.23. The zero-order valence-corrected chi connectivity index (χ0v) is 9.09. The number of anilines is 2. The molecule has 86 valence electrons. The number of carbonyl (C=O) groups excluding carboxylic acids is 1. The van der Waals surface area contributed by atoms with Crippen LogP contribution in [0.25, 0.3) is 0 Å². The second-order valence-electron chi connectivity index (χ2n) is 3.65. The van der Waals surface area contributed by atoms with Gasteiger partial charge in [0.1, 0.15) is 11.9 Å². The molecule has 1 aromatic heterocycles. The first kappa shape index (κ1) is 10.7. The fourth-order valence-corrected chi connectivity index (χ4v) is 1.95. The molecule has 1 saturated heterocycles. The largest absolute Gasteiger partial charge is 0.467 e. The van der Waals surface area contributed by atoms with Crippen molar-refractivity contribution >= 4 is 17.7 Å². The molecule has 0 amide bonds. The summed E-state index contributed by atoms with van der Waals surface area (Å²) in [6.45, 7) is 0.788. The van der Waals surface area contributed by atoms with Crippen LogP contribution < -0.4 is 10.6 Å². The van der Waals surface area contributed by atoms with Gasteiger partial charge >= 0.3 is 5.97 Å². The van der Waals surface area contributed by atoms with E-state index in [-0.39, 0.29) is 18.0 Å². The highest BCUT2D eigenvalue weighted by molar-refractivity contribution is 5.80. The number of nitrogens with two attached hydrogens (primary N) is 1. The molecule has 6 heteroatoms. The van der Waals surface area contributed by atoms with Gasteiger partial charge in [0.05, 0.1) is 7.11 Å². The highest BCUT2D eigenvalue weighted by Crippen LogP contribution is 2.24. The van der Waals surface area contributed by atoms with Gasteiger partial charge in [0.15, 0.2) is 0 Å². The number of nitrogen functional groups attached to an aromatic ring is 1. The molecular formula is C10H14N4O2. The van der Waals surface area contributed by atoms with E-state index in [0.29, 0.717) is 5.82 Å². The van der Waals surface area contributed by atoms with Crippen LogP contribution in [0.3, 0.4) is 0 Å². The summed E-state index contributed by atoms with van der Waals surface area (Å²) in [5, 5.41) is 0. The van der Waals surface area contributed by atoms with Crippen LogP contribution in [0, 0.1) is 0 Å². The van der Waals surface area contributed by atoms with E-state index in [2.05, 4.69) is 9.97 Å². The molecule has 2 rings (SSSR count). The number of esters is 1. The normalized spacial score (nSPS) is 19.8. The fraction of sp³-hybridized carbons (Fsp3) is 0.500. The van der Waals surface area contributed by atoms with Gasteiger partial charge in [-0.15, -0.1) is 0 Å². The molecule has 6 nitrogen and oxygen atoms in total. The quantitative estimate of drug-likeness (QED) is 0.720. The number of aromatic nitrogens is 2. The lowest BCUT2D eigenvalue weighted by Crippen LogP contribution is -2.37. The number of methoxy groups -OCH3 is 1. The predicted molar refractivity (Wildman–Crippen MR) is 58.8 cm³/mol. The van der Waals surface area contributed by atoms with Crippen molar-refractivity contribution in [1.29, 1.82) is 0 Å². The molecule has 1 unspecified atom stereocenters. The minimum atomic E-state index is -0.251. The first-order chi connectivity index (χ1) is 7.72. The summed E-state index contributed by atoms with van der Waals surface area (Å²) in [6, 6.07) is 1.50. The van der Waals surface area contributed by atoms with Gasteiger partial charge in [-0.2, -0.15) is 4.98 Å². The minimum absolute atomic E-state index is 0.216. The minimum Gasteiger partial charge on any atom is -0.467 e. The lowest BCUT2D eigenvalue weighted by atomic mass is 10.2. The van der Waals surface area contributed by atoms with E-state index in [9.17, 15) is 4.79 Å².